The summed E-state index contributed by atoms with van der Waals surface area (Å²) in [6.45, 7) is 3.77. The molecule has 0 bridgehead atoms. The number of para-hydroxylation sites is 1. The highest BCUT2D eigenvalue weighted by molar-refractivity contribution is 5.79. The standard InChI is InChI=1S/C16H21N5O/c1-12(18-16(22)13-7-9-17-10-8-13)15-11-21(20-19-15)14-5-3-2-4-6-14/h2-6,11-13,17H,7-10H2,1H3,(H,18,22). The van der Waals surface area contributed by atoms with Crippen LogP contribution in [0.3, 0.4) is 0 Å². The van der Waals surface area contributed by atoms with Crippen LogP contribution < -0.4 is 10.6 Å². The molecule has 0 spiro atoms. The maximum atomic E-state index is 12.3. The first kappa shape index (κ1) is 14.7. The third-order valence-electron chi connectivity index (χ3n) is 4.04. The van der Waals surface area contributed by atoms with Crippen LogP contribution in [-0.4, -0.2) is 34.0 Å². The number of benzene rings is 1. The van der Waals surface area contributed by atoms with E-state index >= 15 is 0 Å². The van der Waals surface area contributed by atoms with Crippen LogP contribution in [0.4, 0.5) is 0 Å². The zero-order valence-corrected chi connectivity index (χ0v) is 12.7. The molecule has 1 aliphatic rings. The van der Waals surface area contributed by atoms with Crippen molar-refractivity contribution in [3.8, 4) is 5.69 Å². The second-order valence-electron chi connectivity index (χ2n) is 5.68. The van der Waals surface area contributed by atoms with Crippen molar-refractivity contribution >= 4 is 5.91 Å². The summed E-state index contributed by atoms with van der Waals surface area (Å²) in [7, 11) is 0. The summed E-state index contributed by atoms with van der Waals surface area (Å²) in [4.78, 5) is 12.3. The van der Waals surface area contributed by atoms with E-state index in [1.807, 2.05) is 43.5 Å². The molecule has 1 aliphatic heterocycles. The van der Waals surface area contributed by atoms with Crippen LogP contribution >= 0.6 is 0 Å². The van der Waals surface area contributed by atoms with Crippen LogP contribution in [0.1, 0.15) is 31.5 Å². The minimum absolute atomic E-state index is 0.105. The Hall–Kier alpha value is -2.21. The van der Waals surface area contributed by atoms with Gasteiger partial charge in [0.15, 0.2) is 0 Å². The lowest BCUT2D eigenvalue weighted by Crippen LogP contribution is -2.39. The van der Waals surface area contributed by atoms with Crippen LogP contribution in [-0.2, 0) is 4.79 Å². The number of carbonyl (C=O) groups is 1. The Morgan fingerprint density at radius 2 is 2.05 bits per heavy atom. The van der Waals surface area contributed by atoms with Gasteiger partial charge in [-0.1, -0.05) is 23.4 Å². The van der Waals surface area contributed by atoms with E-state index in [0.29, 0.717) is 0 Å². The Kier molecular flexibility index (Phi) is 4.48. The molecule has 1 atom stereocenters. The topological polar surface area (TPSA) is 71.8 Å². The van der Waals surface area contributed by atoms with Crippen LogP contribution in [0.25, 0.3) is 5.69 Å². The van der Waals surface area contributed by atoms with Gasteiger partial charge in [0.25, 0.3) is 0 Å². The maximum absolute atomic E-state index is 12.3. The SMILES string of the molecule is CC(NC(=O)C1CCNCC1)c1cn(-c2ccccc2)nn1. The van der Waals surface area contributed by atoms with E-state index in [-0.39, 0.29) is 17.9 Å². The van der Waals surface area contributed by atoms with Crippen molar-refractivity contribution < 1.29 is 4.79 Å². The predicted octanol–water partition coefficient (Wildman–Crippen LogP) is 1.44. The summed E-state index contributed by atoms with van der Waals surface area (Å²) < 4.78 is 1.72. The first-order valence-corrected chi connectivity index (χ1v) is 7.73. The highest BCUT2D eigenvalue weighted by Crippen LogP contribution is 2.16. The minimum atomic E-state index is -0.139. The quantitative estimate of drug-likeness (QED) is 0.896. The lowest BCUT2D eigenvalue weighted by molar-refractivity contribution is -0.126. The number of amides is 1. The van der Waals surface area contributed by atoms with Crippen molar-refractivity contribution in [1.29, 1.82) is 0 Å². The Morgan fingerprint density at radius 1 is 1.32 bits per heavy atom. The lowest BCUT2D eigenvalue weighted by Gasteiger charge is -2.23. The third kappa shape index (κ3) is 3.33. The van der Waals surface area contributed by atoms with Crippen LogP contribution in [0.5, 0.6) is 0 Å². The van der Waals surface area contributed by atoms with Crippen molar-refractivity contribution in [3.63, 3.8) is 0 Å². The zero-order valence-electron chi connectivity index (χ0n) is 12.7. The summed E-state index contributed by atoms with van der Waals surface area (Å²) in [5.41, 5.74) is 1.73. The Balaban J connectivity index is 1.64. The third-order valence-corrected chi connectivity index (χ3v) is 4.04. The van der Waals surface area contributed by atoms with Gasteiger partial charge in [-0.25, -0.2) is 4.68 Å². The molecule has 0 saturated carbocycles. The second-order valence-corrected chi connectivity index (χ2v) is 5.68. The summed E-state index contributed by atoms with van der Waals surface area (Å²) in [6, 6.07) is 9.68. The molecule has 116 valence electrons. The van der Waals surface area contributed by atoms with Crippen molar-refractivity contribution in [2.75, 3.05) is 13.1 Å². The molecule has 2 heterocycles. The van der Waals surface area contributed by atoms with Gasteiger partial charge in [0.2, 0.25) is 5.91 Å². The van der Waals surface area contributed by atoms with Crippen molar-refractivity contribution in [1.82, 2.24) is 25.6 Å². The van der Waals surface area contributed by atoms with Gasteiger partial charge < -0.3 is 10.6 Å². The normalized spacial score (nSPS) is 17.1. The van der Waals surface area contributed by atoms with E-state index < -0.39 is 0 Å². The van der Waals surface area contributed by atoms with Gasteiger partial charge in [0.1, 0.15) is 5.69 Å². The highest BCUT2D eigenvalue weighted by Gasteiger charge is 2.23. The first-order valence-electron chi connectivity index (χ1n) is 7.73. The van der Waals surface area contributed by atoms with E-state index in [9.17, 15) is 4.79 Å². The summed E-state index contributed by atoms with van der Waals surface area (Å²) >= 11 is 0. The van der Waals surface area contributed by atoms with Crippen LogP contribution in [0, 0.1) is 5.92 Å². The minimum Gasteiger partial charge on any atom is -0.348 e. The van der Waals surface area contributed by atoms with E-state index in [2.05, 4.69) is 20.9 Å². The summed E-state index contributed by atoms with van der Waals surface area (Å²) in [6.07, 6.45) is 3.66. The molecule has 2 N–H and O–H groups in total. The van der Waals surface area contributed by atoms with Gasteiger partial charge in [-0.3, -0.25) is 4.79 Å². The van der Waals surface area contributed by atoms with E-state index in [1.54, 1.807) is 4.68 Å². The number of hydrogen-bond acceptors (Lipinski definition) is 4. The number of hydrogen-bond donors (Lipinski definition) is 2. The van der Waals surface area contributed by atoms with Crippen LogP contribution in [0.15, 0.2) is 36.5 Å². The molecule has 1 fully saturated rings. The Morgan fingerprint density at radius 3 is 2.77 bits per heavy atom. The number of nitrogens with zero attached hydrogens (tertiary/aromatic N) is 3. The van der Waals surface area contributed by atoms with Crippen molar-refractivity contribution in [3.05, 3.63) is 42.2 Å². The van der Waals surface area contributed by atoms with E-state index in [0.717, 1.165) is 37.3 Å². The smallest absolute Gasteiger partial charge is 0.223 e. The fraction of sp³-hybridized carbons (Fsp3) is 0.438. The molecule has 3 rings (SSSR count). The van der Waals surface area contributed by atoms with Gasteiger partial charge >= 0.3 is 0 Å². The van der Waals surface area contributed by atoms with Crippen LogP contribution in [0.2, 0.25) is 0 Å². The number of piperidine rings is 1. The first-order chi connectivity index (χ1) is 10.7. The zero-order chi connectivity index (χ0) is 15.4. The van der Waals surface area contributed by atoms with Gasteiger partial charge in [-0.05, 0) is 45.0 Å². The number of aromatic nitrogens is 3. The van der Waals surface area contributed by atoms with Gasteiger partial charge in [0.05, 0.1) is 17.9 Å². The largest absolute Gasteiger partial charge is 0.348 e. The highest BCUT2D eigenvalue weighted by atomic mass is 16.1. The van der Waals surface area contributed by atoms with Gasteiger partial charge in [-0.2, -0.15) is 0 Å². The molecule has 6 heteroatoms. The Labute approximate surface area is 129 Å². The number of rotatable bonds is 4. The van der Waals surface area contributed by atoms with Crippen molar-refractivity contribution in [2.45, 2.75) is 25.8 Å². The summed E-state index contributed by atoms with van der Waals surface area (Å²) in [5.74, 6) is 0.219. The number of carbonyl (C=O) groups excluding carboxylic acids is 1. The molecule has 1 aromatic heterocycles. The van der Waals surface area contributed by atoms with Gasteiger partial charge in [-0.15, -0.1) is 5.10 Å². The second kappa shape index (κ2) is 6.70. The Bertz CT molecular complexity index is 618. The molecule has 0 aliphatic carbocycles. The molecule has 2 aromatic rings. The van der Waals surface area contributed by atoms with E-state index in [4.69, 9.17) is 0 Å². The van der Waals surface area contributed by atoms with Crippen molar-refractivity contribution in [2.24, 2.45) is 5.92 Å². The predicted molar refractivity (Wildman–Crippen MR) is 83.5 cm³/mol. The lowest BCUT2D eigenvalue weighted by atomic mass is 9.97. The van der Waals surface area contributed by atoms with E-state index in [1.165, 1.54) is 0 Å². The molecule has 1 amide bonds. The molecular weight excluding hydrogens is 278 g/mol. The molecular formula is C16H21N5O. The molecule has 22 heavy (non-hydrogen) atoms. The summed E-state index contributed by atoms with van der Waals surface area (Å²) in [5, 5.41) is 14.6. The number of nitrogens with one attached hydrogen (secondary N) is 2. The maximum Gasteiger partial charge on any atom is 0.223 e. The monoisotopic (exact) mass is 299 g/mol. The average molecular weight is 299 g/mol. The fourth-order valence-corrected chi connectivity index (χ4v) is 2.67. The van der Waals surface area contributed by atoms with Gasteiger partial charge in [0, 0.05) is 5.92 Å². The molecule has 1 unspecified atom stereocenters. The molecule has 6 nitrogen and oxygen atoms in total. The fourth-order valence-electron chi connectivity index (χ4n) is 2.67. The molecule has 1 saturated heterocycles. The molecule has 0 radical (unpaired) electrons. The molecule has 1 aromatic carbocycles. The average Bonchev–Trinajstić information content (AvgIpc) is 3.06.